The molecule has 2 N–H and O–H groups in total. The van der Waals surface area contributed by atoms with Crippen molar-refractivity contribution >= 4 is 11.8 Å². The lowest BCUT2D eigenvalue weighted by atomic mass is 9.82. The van der Waals surface area contributed by atoms with Crippen LogP contribution < -0.4 is 10.6 Å². The lowest BCUT2D eigenvalue weighted by Crippen LogP contribution is -2.59. The zero-order valence-corrected chi connectivity index (χ0v) is 19.7. The molecule has 2 aliphatic carbocycles. The average molecular weight is 447 g/mol. The van der Waals surface area contributed by atoms with Gasteiger partial charge in [-0.05, 0) is 76.3 Å². The molecule has 0 bridgehead atoms. The second kappa shape index (κ2) is 9.98. The fourth-order valence-electron chi connectivity index (χ4n) is 5.82. The van der Waals surface area contributed by atoms with Crippen molar-refractivity contribution in [3.05, 3.63) is 0 Å². The highest BCUT2D eigenvalue weighted by molar-refractivity contribution is 5.79. The Balaban J connectivity index is 1.10. The molecule has 0 aromatic rings. The van der Waals surface area contributed by atoms with Crippen LogP contribution in [0.15, 0.2) is 0 Å². The normalized spacial score (nSPS) is 31.0. The van der Waals surface area contributed by atoms with E-state index in [1.54, 1.807) is 0 Å². The Bertz CT molecular complexity index is 622. The molecule has 5 aliphatic rings. The van der Waals surface area contributed by atoms with Crippen molar-refractivity contribution in [1.82, 2.24) is 20.4 Å². The van der Waals surface area contributed by atoms with Gasteiger partial charge in [-0.15, -0.1) is 0 Å². The molecule has 7 heteroatoms. The zero-order chi connectivity index (χ0) is 22.0. The van der Waals surface area contributed by atoms with Crippen LogP contribution in [0.4, 0.5) is 0 Å². The maximum absolute atomic E-state index is 12.6. The monoisotopic (exact) mass is 446 g/mol. The number of nitrogens with one attached hydrogen (secondary N) is 2. The summed E-state index contributed by atoms with van der Waals surface area (Å²) in [5.74, 6) is 2.26. The summed E-state index contributed by atoms with van der Waals surface area (Å²) in [4.78, 5) is 30.3. The molecular formula is C25H42N4O3. The molecule has 5 fully saturated rings. The van der Waals surface area contributed by atoms with Crippen LogP contribution in [0.1, 0.15) is 51.4 Å². The van der Waals surface area contributed by atoms with E-state index in [0.717, 1.165) is 103 Å². The molecule has 0 spiro atoms. The van der Waals surface area contributed by atoms with Crippen molar-refractivity contribution in [3.8, 4) is 0 Å². The van der Waals surface area contributed by atoms with Crippen LogP contribution in [-0.2, 0) is 14.3 Å². The van der Waals surface area contributed by atoms with Crippen molar-refractivity contribution in [3.63, 3.8) is 0 Å². The number of piperidine rings is 2. The molecule has 3 saturated heterocycles. The minimum Gasteiger partial charge on any atom is -0.380 e. The Morgan fingerprint density at radius 1 is 0.750 bits per heavy atom. The van der Waals surface area contributed by atoms with Crippen molar-refractivity contribution in [2.24, 2.45) is 29.1 Å². The number of ether oxygens (including phenoxy) is 1. The second-order valence-corrected chi connectivity index (χ2v) is 11.5. The third-order valence-corrected chi connectivity index (χ3v) is 8.21. The number of hydrogen-bond acceptors (Lipinski definition) is 5. The smallest absolute Gasteiger partial charge is 0.224 e. The Morgan fingerprint density at radius 3 is 1.59 bits per heavy atom. The lowest BCUT2D eigenvalue weighted by Gasteiger charge is -2.49. The summed E-state index contributed by atoms with van der Waals surface area (Å²) in [6.07, 6.45) is 9.34. The highest BCUT2D eigenvalue weighted by Gasteiger charge is 2.43. The summed E-state index contributed by atoms with van der Waals surface area (Å²) >= 11 is 0. The van der Waals surface area contributed by atoms with Gasteiger partial charge in [-0.2, -0.15) is 0 Å². The van der Waals surface area contributed by atoms with Gasteiger partial charge < -0.3 is 25.2 Å². The fraction of sp³-hybridized carbons (Fsp3) is 0.920. The van der Waals surface area contributed by atoms with E-state index in [4.69, 9.17) is 4.74 Å². The summed E-state index contributed by atoms with van der Waals surface area (Å²) in [6, 6.07) is 0. The van der Waals surface area contributed by atoms with Crippen LogP contribution in [0.5, 0.6) is 0 Å². The SMILES string of the molecule is O=C(NCC1CC1)C1CCCN(CC2(CN3CCCC(C(=O)NCC4CC4)C3)COC2)C1. The first-order valence-electron chi connectivity index (χ1n) is 13.2. The Kier molecular flexibility index (Phi) is 7.05. The summed E-state index contributed by atoms with van der Waals surface area (Å²) in [7, 11) is 0. The van der Waals surface area contributed by atoms with Gasteiger partial charge in [0.2, 0.25) is 11.8 Å². The van der Waals surface area contributed by atoms with Crippen molar-refractivity contribution in [2.45, 2.75) is 51.4 Å². The van der Waals surface area contributed by atoms with E-state index in [-0.39, 0.29) is 29.1 Å². The summed E-state index contributed by atoms with van der Waals surface area (Å²) in [6.45, 7) is 9.29. The summed E-state index contributed by atoms with van der Waals surface area (Å²) < 4.78 is 5.70. The van der Waals surface area contributed by atoms with Crippen LogP contribution in [0.2, 0.25) is 0 Å². The van der Waals surface area contributed by atoms with Gasteiger partial charge in [0.25, 0.3) is 0 Å². The predicted octanol–water partition coefficient (Wildman–Crippen LogP) is 1.48. The number of carbonyl (C=O) groups is 2. The standard InChI is InChI=1S/C25H42N4O3/c30-23(26-11-19-5-6-19)21-3-1-9-28(13-21)15-25(17-32-18-25)16-29-10-2-4-22(14-29)24(31)27-12-20-7-8-20/h19-22H,1-18H2,(H,26,30)(H,27,31). The summed E-state index contributed by atoms with van der Waals surface area (Å²) in [5, 5.41) is 6.38. The summed E-state index contributed by atoms with van der Waals surface area (Å²) in [5.41, 5.74) is 0.152. The number of carbonyl (C=O) groups excluding carboxylic acids is 2. The van der Waals surface area contributed by atoms with E-state index < -0.39 is 0 Å². The first-order chi connectivity index (χ1) is 15.6. The molecule has 32 heavy (non-hydrogen) atoms. The van der Waals surface area contributed by atoms with Gasteiger partial charge in [0.1, 0.15) is 0 Å². The molecular weight excluding hydrogens is 404 g/mol. The maximum Gasteiger partial charge on any atom is 0.224 e. The van der Waals surface area contributed by atoms with E-state index in [9.17, 15) is 9.59 Å². The lowest BCUT2D eigenvalue weighted by molar-refractivity contribution is -0.147. The quantitative estimate of drug-likeness (QED) is 0.532. The Hall–Kier alpha value is -1.18. The highest BCUT2D eigenvalue weighted by atomic mass is 16.5. The molecule has 2 saturated carbocycles. The van der Waals surface area contributed by atoms with Gasteiger partial charge in [0, 0.05) is 44.7 Å². The van der Waals surface area contributed by atoms with Crippen LogP contribution in [0, 0.1) is 29.1 Å². The van der Waals surface area contributed by atoms with Gasteiger partial charge in [-0.1, -0.05) is 0 Å². The number of nitrogens with zero attached hydrogens (tertiary/aromatic N) is 2. The van der Waals surface area contributed by atoms with E-state index in [1.807, 2.05) is 0 Å². The Labute approximate surface area is 193 Å². The fourth-order valence-corrected chi connectivity index (χ4v) is 5.82. The van der Waals surface area contributed by atoms with E-state index in [2.05, 4.69) is 20.4 Å². The minimum atomic E-state index is 0.134. The largest absolute Gasteiger partial charge is 0.380 e. The number of rotatable bonds is 10. The number of hydrogen-bond donors (Lipinski definition) is 2. The third-order valence-electron chi connectivity index (χ3n) is 8.21. The molecule has 5 rings (SSSR count). The molecule has 0 radical (unpaired) electrons. The first kappa shape index (κ1) is 22.6. The van der Waals surface area contributed by atoms with Crippen LogP contribution in [-0.4, -0.2) is 87.2 Å². The predicted molar refractivity (Wildman–Crippen MR) is 123 cm³/mol. The van der Waals surface area contributed by atoms with Crippen LogP contribution in [0.25, 0.3) is 0 Å². The van der Waals surface area contributed by atoms with Gasteiger partial charge >= 0.3 is 0 Å². The third kappa shape index (κ3) is 6.03. The first-order valence-corrected chi connectivity index (χ1v) is 13.2. The maximum atomic E-state index is 12.6. The van der Waals surface area contributed by atoms with Gasteiger partial charge in [-0.25, -0.2) is 0 Å². The van der Waals surface area contributed by atoms with Crippen LogP contribution >= 0.6 is 0 Å². The van der Waals surface area contributed by atoms with E-state index in [0.29, 0.717) is 0 Å². The molecule has 3 heterocycles. The molecule has 3 aliphatic heterocycles. The topological polar surface area (TPSA) is 73.9 Å². The number of amides is 2. The molecule has 2 unspecified atom stereocenters. The minimum absolute atomic E-state index is 0.134. The highest BCUT2D eigenvalue weighted by Crippen LogP contribution is 2.34. The second-order valence-electron chi connectivity index (χ2n) is 11.5. The van der Waals surface area contributed by atoms with Crippen molar-refractivity contribution < 1.29 is 14.3 Å². The molecule has 0 aromatic heterocycles. The molecule has 7 nitrogen and oxygen atoms in total. The van der Waals surface area contributed by atoms with Crippen molar-refractivity contribution in [1.29, 1.82) is 0 Å². The van der Waals surface area contributed by atoms with Gasteiger partial charge in [0.05, 0.1) is 25.0 Å². The van der Waals surface area contributed by atoms with Crippen LogP contribution in [0.3, 0.4) is 0 Å². The average Bonchev–Trinajstić information content (AvgIpc) is 3.69. The molecule has 2 amide bonds. The van der Waals surface area contributed by atoms with E-state index >= 15 is 0 Å². The van der Waals surface area contributed by atoms with Gasteiger partial charge in [0.15, 0.2) is 0 Å². The van der Waals surface area contributed by atoms with E-state index in [1.165, 1.54) is 25.7 Å². The molecule has 2 atom stereocenters. The van der Waals surface area contributed by atoms with Crippen molar-refractivity contribution in [2.75, 3.05) is 65.6 Å². The molecule has 180 valence electrons. The molecule has 0 aromatic carbocycles. The zero-order valence-electron chi connectivity index (χ0n) is 19.7. The number of likely N-dealkylation sites (tertiary alicyclic amines) is 2. The van der Waals surface area contributed by atoms with Gasteiger partial charge in [-0.3, -0.25) is 9.59 Å². The Morgan fingerprint density at radius 2 is 1.22 bits per heavy atom.